The average Bonchev–Trinajstić information content (AvgIpc) is 2.35. The van der Waals surface area contributed by atoms with Crippen molar-refractivity contribution in [3.05, 3.63) is 29.3 Å². The molecule has 20 heavy (non-hydrogen) atoms. The van der Waals surface area contributed by atoms with E-state index in [0.29, 0.717) is 12.6 Å². The molecule has 0 saturated heterocycles. The van der Waals surface area contributed by atoms with Crippen molar-refractivity contribution in [3.63, 3.8) is 0 Å². The third-order valence-corrected chi connectivity index (χ3v) is 3.47. The van der Waals surface area contributed by atoms with Crippen LogP contribution < -0.4 is 4.74 Å². The first-order valence-electron chi connectivity index (χ1n) is 7.53. The largest absolute Gasteiger partial charge is 0.493 e. The maximum absolute atomic E-state index is 9.51. The van der Waals surface area contributed by atoms with Crippen molar-refractivity contribution in [2.45, 2.75) is 53.2 Å². The van der Waals surface area contributed by atoms with E-state index in [1.54, 1.807) is 0 Å². The highest BCUT2D eigenvalue weighted by Gasteiger charge is 2.11. The topological polar surface area (TPSA) is 32.7 Å². The SMILES string of the molecule is Cc1cccc(C)c1OCCCN(CC(C)O)C(C)C. The van der Waals surface area contributed by atoms with Crippen LogP contribution in [-0.2, 0) is 0 Å². The van der Waals surface area contributed by atoms with Crippen LogP contribution in [0.3, 0.4) is 0 Å². The average molecular weight is 279 g/mol. The lowest BCUT2D eigenvalue weighted by atomic mass is 10.1. The molecule has 0 saturated carbocycles. The normalized spacial score (nSPS) is 13.0. The van der Waals surface area contributed by atoms with Gasteiger partial charge in [0.2, 0.25) is 0 Å². The lowest BCUT2D eigenvalue weighted by Gasteiger charge is -2.27. The minimum absolute atomic E-state index is 0.281. The van der Waals surface area contributed by atoms with Crippen molar-refractivity contribution in [3.8, 4) is 5.75 Å². The molecule has 0 aliphatic carbocycles. The second-order valence-electron chi connectivity index (χ2n) is 5.86. The van der Waals surface area contributed by atoms with E-state index in [4.69, 9.17) is 4.74 Å². The van der Waals surface area contributed by atoms with Gasteiger partial charge in [0, 0.05) is 19.1 Å². The van der Waals surface area contributed by atoms with Crippen LogP contribution >= 0.6 is 0 Å². The summed E-state index contributed by atoms with van der Waals surface area (Å²) >= 11 is 0. The van der Waals surface area contributed by atoms with Crippen molar-refractivity contribution < 1.29 is 9.84 Å². The van der Waals surface area contributed by atoms with Crippen LogP contribution in [0.5, 0.6) is 5.75 Å². The number of benzene rings is 1. The zero-order valence-electron chi connectivity index (χ0n) is 13.5. The Morgan fingerprint density at radius 1 is 1.15 bits per heavy atom. The third-order valence-electron chi connectivity index (χ3n) is 3.47. The number of aryl methyl sites for hydroxylation is 2. The van der Waals surface area contributed by atoms with Crippen LogP contribution in [-0.4, -0.2) is 41.8 Å². The molecule has 0 radical (unpaired) electrons. The molecule has 1 rings (SSSR count). The van der Waals surface area contributed by atoms with Crippen LogP contribution in [0.1, 0.15) is 38.3 Å². The van der Waals surface area contributed by atoms with Gasteiger partial charge >= 0.3 is 0 Å². The van der Waals surface area contributed by atoms with Crippen LogP contribution in [0.15, 0.2) is 18.2 Å². The molecule has 0 fully saturated rings. The number of rotatable bonds is 8. The highest BCUT2D eigenvalue weighted by molar-refractivity contribution is 5.39. The quantitative estimate of drug-likeness (QED) is 0.742. The molecule has 0 aliphatic rings. The second-order valence-corrected chi connectivity index (χ2v) is 5.86. The monoisotopic (exact) mass is 279 g/mol. The van der Waals surface area contributed by atoms with E-state index < -0.39 is 0 Å². The summed E-state index contributed by atoms with van der Waals surface area (Å²) in [5.41, 5.74) is 2.38. The molecule has 0 spiro atoms. The highest BCUT2D eigenvalue weighted by atomic mass is 16.5. The molecule has 0 aromatic heterocycles. The fraction of sp³-hybridized carbons (Fsp3) is 0.647. The van der Waals surface area contributed by atoms with Gasteiger partial charge in [-0.15, -0.1) is 0 Å². The summed E-state index contributed by atoms with van der Waals surface area (Å²) < 4.78 is 5.91. The minimum Gasteiger partial charge on any atom is -0.493 e. The third kappa shape index (κ3) is 5.51. The van der Waals surface area contributed by atoms with Gasteiger partial charge in [0.05, 0.1) is 12.7 Å². The molecule has 1 N–H and O–H groups in total. The van der Waals surface area contributed by atoms with E-state index in [0.717, 1.165) is 25.3 Å². The first-order chi connectivity index (χ1) is 9.41. The van der Waals surface area contributed by atoms with E-state index in [1.165, 1.54) is 11.1 Å². The van der Waals surface area contributed by atoms with Crippen molar-refractivity contribution in [2.75, 3.05) is 19.7 Å². The van der Waals surface area contributed by atoms with Gasteiger partial charge in [-0.2, -0.15) is 0 Å². The number of hydrogen-bond donors (Lipinski definition) is 1. The van der Waals surface area contributed by atoms with Crippen LogP contribution in [0, 0.1) is 13.8 Å². The van der Waals surface area contributed by atoms with Crippen molar-refractivity contribution in [1.29, 1.82) is 0 Å². The molecular formula is C17H29NO2. The van der Waals surface area contributed by atoms with E-state index in [9.17, 15) is 5.11 Å². The molecule has 1 unspecified atom stereocenters. The van der Waals surface area contributed by atoms with E-state index in [-0.39, 0.29) is 6.10 Å². The van der Waals surface area contributed by atoms with E-state index >= 15 is 0 Å². The van der Waals surface area contributed by atoms with Gasteiger partial charge in [0.25, 0.3) is 0 Å². The molecule has 0 amide bonds. The van der Waals surface area contributed by atoms with Crippen LogP contribution in [0.2, 0.25) is 0 Å². The summed E-state index contributed by atoms with van der Waals surface area (Å²) in [6.45, 7) is 12.7. The first-order valence-corrected chi connectivity index (χ1v) is 7.53. The van der Waals surface area contributed by atoms with Crippen molar-refractivity contribution in [2.24, 2.45) is 0 Å². The first kappa shape index (κ1) is 17.0. The van der Waals surface area contributed by atoms with Crippen molar-refractivity contribution in [1.82, 2.24) is 4.90 Å². The molecular weight excluding hydrogens is 250 g/mol. The maximum atomic E-state index is 9.51. The smallest absolute Gasteiger partial charge is 0.125 e. The zero-order valence-corrected chi connectivity index (χ0v) is 13.5. The van der Waals surface area contributed by atoms with Gasteiger partial charge < -0.3 is 9.84 Å². The molecule has 0 heterocycles. The van der Waals surface area contributed by atoms with Crippen LogP contribution in [0.4, 0.5) is 0 Å². The van der Waals surface area contributed by atoms with Crippen LogP contribution in [0.25, 0.3) is 0 Å². The van der Waals surface area contributed by atoms with Gasteiger partial charge in [-0.1, -0.05) is 18.2 Å². The number of hydrogen-bond acceptors (Lipinski definition) is 3. The van der Waals surface area contributed by atoms with Gasteiger partial charge in [-0.25, -0.2) is 0 Å². The Hall–Kier alpha value is -1.06. The zero-order chi connectivity index (χ0) is 15.1. The van der Waals surface area contributed by atoms with E-state index in [2.05, 4.69) is 50.8 Å². The number of aliphatic hydroxyl groups is 1. The molecule has 1 aromatic rings. The van der Waals surface area contributed by atoms with Gasteiger partial charge in [0.15, 0.2) is 0 Å². The second kappa shape index (κ2) is 8.28. The molecule has 0 bridgehead atoms. The molecule has 3 nitrogen and oxygen atoms in total. The Bertz CT molecular complexity index is 382. The molecule has 114 valence electrons. The summed E-state index contributed by atoms with van der Waals surface area (Å²) in [5.74, 6) is 1.01. The standard InChI is InChI=1S/C17H29NO2/c1-13(2)18(12-16(5)19)10-7-11-20-17-14(3)8-6-9-15(17)4/h6,8-9,13,16,19H,7,10-12H2,1-5H3. The van der Waals surface area contributed by atoms with Gasteiger partial charge in [-0.05, 0) is 52.2 Å². The lowest BCUT2D eigenvalue weighted by molar-refractivity contribution is 0.103. The fourth-order valence-electron chi connectivity index (χ4n) is 2.37. The molecule has 1 atom stereocenters. The number of ether oxygens (including phenoxy) is 1. The van der Waals surface area contributed by atoms with Gasteiger partial charge in [-0.3, -0.25) is 4.90 Å². The Morgan fingerprint density at radius 3 is 2.25 bits per heavy atom. The maximum Gasteiger partial charge on any atom is 0.125 e. The predicted octanol–water partition coefficient (Wildman–Crippen LogP) is 3.16. The summed E-state index contributed by atoms with van der Waals surface area (Å²) in [7, 11) is 0. The Balaban J connectivity index is 2.40. The summed E-state index contributed by atoms with van der Waals surface area (Å²) in [5, 5.41) is 9.51. The summed E-state index contributed by atoms with van der Waals surface area (Å²) in [6, 6.07) is 6.66. The predicted molar refractivity (Wildman–Crippen MR) is 84.4 cm³/mol. The lowest BCUT2D eigenvalue weighted by Crippen LogP contribution is -2.37. The highest BCUT2D eigenvalue weighted by Crippen LogP contribution is 2.22. The number of nitrogens with zero attached hydrogens (tertiary/aromatic N) is 1. The van der Waals surface area contributed by atoms with E-state index in [1.807, 2.05) is 6.92 Å². The fourth-order valence-corrected chi connectivity index (χ4v) is 2.37. The Labute approximate surface area is 123 Å². The molecule has 3 heteroatoms. The number of aliphatic hydroxyl groups excluding tert-OH is 1. The Morgan fingerprint density at radius 2 is 1.75 bits per heavy atom. The summed E-state index contributed by atoms with van der Waals surface area (Å²) in [4.78, 5) is 2.29. The van der Waals surface area contributed by atoms with Gasteiger partial charge in [0.1, 0.15) is 5.75 Å². The molecule has 1 aromatic carbocycles. The minimum atomic E-state index is -0.281. The molecule has 0 aliphatic heterocycles. The summed E-state index contributed by atoms with van der Waals surface area (Å²) in [6.07, 6.45) is 0.690. The Kier molecular flexibility index (Phi) is 7.03. The van der Waals surface area contributed by atoms with Crippen molar-refractivity contribution >= 4 is 0 Å². The number of para-hydroxylation sites is 1.